The minimum atomic E-state index is -0.0735. The Balaban J connectivity index is 2.12. The molecule has 0 aromatic carbocycles. The molecule has 4 heteroatoms. The van der Waals surface area contributed by atoms with Crippen LogP contribution in [0.25, 0.3) is 5.57 Å². The van der Waals surface area contributed by atoms with Gasteiger partial charge in [-0.05, 0) is 30.7 Å². The van der Waals surface area contributed by atoms with Gasteiger partial charge < -0.3 is 10.6 Å². The Hall–Kier alpha value is -1.68. The molecule has 1 aliphatic heterocycles. The molecule has 16 heavy (non-hydrogen) atoms. The van der Waals surface area contributed by atoms with Gasteiger partial charge >= 0.3 is 0 Å². The third kappa shape index (κ3) is 2.67. The lowest BCUT2D eigenvalue weighted by molar-refractivity contribution is -0.114. The Labute approximate surface area is 94.8 Å². The average Bonchev–Trinajstić information content (AvgIpc) is 2.30. The van der Waals surface area contributed by atoms with Crippen LogP contribution in [-0.4, -0.2) is 24.0 Å². The second-order valence-electron chi connectivity index (χ2n) is 3.80. The van der Waals surface area contributed by atoms with Crippen molar-refractivity contribution in [3.8, 4) is 0 Å². The highest BCUT2D eigenvalue weighted by molar-refractivity contribution is 5.88. The molecule has 2 rings (SSSR count). The zero-order valence-corrected chi connectivity index (χ0v) is 9.29. The average molecular weight is 217 g/mol. The summed E-state index contributed by atoms with van der Waals surface area (Å²) in [6, 6.07) is 3.83. The van der Waals surface area contributed by atoms with Gasteiger partial charge in [-0.3, -0.25) is 9.78 Å². The molecule has 1 aliphatic rings. The number of carbonyl (C=O) groups is 1. The molecule has 0 unspecified atom stereocenters. The van der Waals surface area contributed by atoms with Crippen LogP contribution in [-0.2, 0) is 4.79 Å². The van der Waals surface area contributed by atoms with Crippen molar-refractivity contribution in [2.24, 2.45) is 0 Å². The number of nitrogens with one attached hydrogen (secondary N) is 2. The number of pyridine rings is 1. The minimum Gasteiger partial charge on any atom is -0.325 e. The molecule has 0 saturated heterocycles. The van der Waals surface area contributed by atoms with E-state index in [2.05, 4.69) is 21.7 Å². The lowest BCUT2D eigenvalue weighted by Crippen LogP contribution is -2.20. The van der Waals surface area contributed by atoms with Crippen LogP contribution < -0.4 is 10.6 Å². The Morgan fingerprint density at radius 3 is 2.94 bits per heavy atom. The summed E-state index contributed by atoms with van der Waals surface area (Å²) in [4.78, 5) is 15.2. The Bertz CT molecular complexity index is 409. The van der Waals surface area contributed by atoms with Crippen molar-refractivity contribution >= 4 is 17.2 Å². The molecule has 1 aromatic heterocycles. The standard InChI is InChI=1S/C12H15N3O/c1-9(16)15-11-2-3-12(14-8-11)10-4-6-13-7-5-10/h2-4,8,13H,5-7H2,1H3,(H,15,16). The van der Waals surface area contributed by atoms with Gasteiger partial charge in [0.1, 0.15) is 0 Å². The zero-order valence-electron chi connectivity index (χ0n) is 9.29. The number of aromatic nitrogens is 1. The summed E-state index contributed by atoms with van der Waals surface area (Å²) in [5.74, 6) is -0.0735. The number of nitrogens with zero attached hydrogens (tertiary/aromatic N) is 1. The molecule has 0 fully saturated rings. The van der Waals surface area contributed by atoms with Crippen LogP contribution in [0.4, 0.5) is 5.69 Å². The highest BCUT2D eigenvalue weighted by Crippen LogP contribution is 2.18. The van der Waals surface area contributed by atoms with Gasteiger partial charge in [0.25, 0.3) is 0 Å². The summed E-state index contributed by atoms with van der Waals surface area (Å²) in [6.45, 7) is 3.40. The van der Waals surface area contributed by atoms with Crippen molar-refractivity contribution < 1.29 is 4.79 Å². The van der Waals surface area contributed by atoms with Crippen molar-refractivity contribution in [3.63, 3.8) is 0 Å². The van der Waals surface area contributed by atoms with Crippen LogP contribution in [0.2, 0.25) is 0 Å². The van der Waals surface area contributed by atoms with Gasteiger partial charge in [-0.2, -0.15) is 0 Å². The van der Waals surface area contributed by atoms with Crippen molar-refractivity contribution in [2.45, 2.75) is 13.3 Å². The number of carbonyl (C=O) groups excluding carboxylic acids is 1. The van der Waals surface area contributed by atoms with Crippen LogP contribution in [0.3, 0.4) is 0 Å². The quantitative estimate of drug-likeness (QED) is 0.787. The van der Waals surface area contributed by atoms with E-state index >= 15 is 0 Å². The molecule has 84 valence electrons. The normalized spacial score (nSPS) is 15.4. The van der Waals surface area contributed by atoms with Gasteiger partial charge in [0.2, 0.25) is 5.91 Å². The summed E-state index contributed by atoms with van der Waals surface area (Å²) in [6.07, 6.45) is 4.86. The molecule has 0 atom stereocenters. The number of rotatable bonds is 2. The van der Waals surface area contributed by atoms with Gasteiger partial charge in [0.15, 0.2) is 0 Å². The Morgan fingerprint density at radius 1 is 1.50 bits per heavy atom. The van der Waals surface area contributed by atoms with Gasteiger partial charge in [-0.1, -0.05) is 6.08 Å². The molecule has 0 aliphatic carbocycles. The van der Waals surface area contributed by atoms with Gasteiger partial charge in [0, 0.05) is 13.5 Å². The van der Waals surface area contributed by atoms with E-state index in [0.29, 0.717) is 0 Å². The van der Waals surface area contributed by atoms with E-state index in [1.807, 2.05) is 12.1 Å². The topological polar surface area (TPSA) is 54.0 Å². The van der Waals surface area contributed by atoms with Crippen molar-refractivity contribution in [2.75, 3.05) is 18.4 Å². The van der Waals surface area contributed by atoms with Crippen LogP contribution in [0.5, 0.6) is 0 Å². The summed E-state index contributed by atoms with van der Waals surface area (Å²) in [5.41, 5.74) is 3.01. The minimum absolute atomic E-state index is 0.0735. The first-order chi connectivity index (χ1) is 7.75. The largest absolute Gasteiger partial charge is 0.325 e. The molecule has 0 radical (unpaired) electrons. The number of anilines is 1. The highest BCUT2D eigenvalue weighted by atomic mass is 16.1. The third-order valence-corrected chi connectivity index (χ3v) is 2.48. The Kier molecular flexibility index (Phi) is 3.31. The van der Waals surface area contributed by atoms with Gasteiger partial charge in [-0.25, -0.2) is 0 Å². The second-order valence-corrected chi connectivity index (χ2v) is 3.80. The first kappa shape index (κ1) is 10.8. The molecule has 4 nitrogen and oxygen atoms in total. The molecule has 0 spiro atoms. The first-order valence-corrected chi connectivity index (χ1v) is 5.39. The maximum absolute atomic E-state index is 10.8. The Morgan fingerprint density at radius 2 is 2.38 bits per heavy atom. The van der Waals surface area contributed by atoms with Gasteiger partial charge in [0.05, 0.1) is 17.6 Å². The van der Waals surface area contributed by atoms with E-state index in [1.54, 1.807) is 6.20 Å². The van der Waals surface area contributed by atoms with Crippen LogP contribution in [0, 0.1) is 0 Å². The van der Waals surface area contributed by atoms with E-state index in [0.717, 1.165) is 30.9 Å². The van der Waals surface area contributed by atoms with E-state index < -0.39 is 0 Å². The number of amides is 1. The number of hydrogen-bond donors (Lipinski definition) is 2. The predicted molar refractivity (Wildman–Crippen MR) is 64.0 cm³/mol. The molecule has 1 amide bonds. The summed E-state index contributed by atoms with van der Waals surface area (Å²) in [5, 5.41) is 5.96. The predicted octanol–water partition coefficient (Wildman–Crippen LogP) is 1.42. The maximum atomic E-state index is 10.8. The summed E-state index contributed by atoms with van der Waals surface area (Å²) < 4.78 is 0. The molecule has 2 N–H and O–H groups in total. The SMILES string of the molecule is CC(=O)Nc1ccc(C2=CCNCC2)nc1. The molecule has 2 heterocycles. The van der Waals surface area contributed by atoms with Crippen molar-refractivity contribution in [1.29, 1.82) is 0 Å². The number of hydrogen-bond acceptors (Lipinski definition) is 3. The zero-order chi connectivity index (χ0) is 11.4. The molecular formula is C12H15N3O. The first-order valence-electron chi connectivity index (χ1n) is 5.39. The van der Waals surface area contributed by atoms with Gasteiger partial charge in [-0.15, -0.1) is 0 Å². The van der Waals surface area contributed by atoms with E-state index in [-0.39, 0.29) is 5.91 Å². The van der Waals surface area contributed by atoms with E-state index in [4.69, 9.17) is 0 Å². The van der Waals surface area contributed by atoms with Crippen molar-refractivity contribution in [1.82, 2.24) is 10.3 Å². The third-order valence-electron chi connectivity index (χ3n) is 2.48. The molecule has 0 saturated carbocycles. The lowest BCUT2D eigenvalue weighted by atomic mass is 10.1. The fourth-order valence-electron chi connectivity index (χ4n) is 1.72. The molecule has 1 aromatic rings. The van der Waals surface area contributed by atoms with E-state index in [9.17, 15) is 4.79 Å². The van der Waals surface area contributed by atoms with Crippen LogP contribution in [0.15, 0.2) is 24.4 Å². The highest BCUT2D eigenvalue weighted by Gasteiger charge is 2.06. The van der Waals surface area contributed by atoms with Crippen LogP contribution >= 0.6 is 0 Å². The monoisotopic (exact) mass is 217 g/mol. The second kappa shape index (κ2) is 4.90. The summed E-state index contributed by atoms with van der Waals surface area (Å²) >= 11 is 0. The lowest BCUT2D eigenvalue weighted by Gasteiger charge is -2.13. The smallest absolute Gasteiger partial charge is 0.221 e. The fourth-order valence-corrected chi connectivity index (χ4v) is 1.72. The molecular weight excluding hydrogens is 202 g/mol. The summed E-state index contributed by atoms with van der Waals surface area (Å²) in [7, 11) is 0. The van der Waals surface area contributed by atoms with Crippen molar-refractivity contribution in [3.05, 3.63) is 30.1 Å². The van der Waals surface area contributed by atoms with E-state index in [1.165, 1.54) is 12.5 Å². The maximum Gasteiger partial charge on any atom is 0.221 e. The molecule has 0 bridgehead atoms. The fraction of sp³-hybridized carbons (Fsp3) is 0.333. The van der Waals surface area contributed by atoms with Crippen LogP contribution in [0.1, 0.15) is 19.0 Å².